The molecule has 0 fully saturated rings. The first-order chi connectivity index (χ1) is 18.1. The lowest BCUT2D eigenvalue weighted by Crippen LogP contribution is -2.39. The van der Waals surface area contributed by atoms with Crippen molar-refractivity contribution in [1.29, 1.82) is 0 Å². The van der Waals surface area contributed by atoms with Gasteiger partial charge in [0, 0.05) is 23.9 Å². The first-order valence-electron chi connectivity index (χ1n) is 10.6. The van der Waals surface area contributed by atoms with Crippen LogP contribution in [0.3, 0.4) is 0 Å². The molecular weight excluding hydrogens is 504 g/mol. The number of non-ortho nitro benzene ring substituents is 2. The first-order valence-corrected chi connectivity index (χ1v) is 10.6. The summed E-state index contributed by atoms with van der Waals surface area (Å²) < 4.78 is 0. The number of hydrazone groups is 1. The van der Waals surface area contributed by atoms with E-state index in [1.165, 1.54) is 30.3 Å². The molecule has 190 valence electrons. The maximum absolute atomic E-state index is 13.4. The van der Waals surface area contributed by atoms with Crippen LogP contribution >= 0.6 is 0 Å². The number of nitrogens with zero attached hydrogens (tertiary/aromatic N) is 5. The molecule has 0 aromatic heterocycles. The molecule has 0 aliphatic carbocycles. The Balaban J connectivity index is 1.74. The molecule has 0 bridgehead atoms. The highest BCUT2D eigenvalue weighted by Crippen LogP contribution is 2.36. The number of benzene rings is 3. The van der Waals surface area contributed by atoms with Gasteiger partial charge < -0.3 is 5.32 Å². The predicted molar refractivity (Wildman–Crippen MR) is 130 cm³/mol. The Labute approximate surface area is 211 Å². The maximum atomic E-state index is 13.4. The topological polar surface area (TPSA) is 208 Å². The standard InChI is InChI=1S/C23H14N6O9/c30-21(22(31)24-14-7-4-8-15(11-14)27(33)34)19-20(13-5-2-1-3-6-13)25-26(23(19)32)17-10-9-16(28(35)36)12-18(17)29(37)38/h1-12,19H,(H,24,31)/t19-/m1/s1. The largest absolute Gasteiger partial charge is 0.319 e. The third kappa shape index (κ3) is 4.78. The van der Waals surface area contributed by atoms with Crippen molar-refractivity contribution in [3.63, 3.8) is 0 Å². The molecule has 0 unspecified atom stereocenters. The van der Waals surface area contributed by atoms with Gasteiger partial charge in [-0.3, -0.25) is 44.7 Å². The molecule has 0 saturated heterocycles. The van der Waals surface area contributed by atoms with Crippen molar-refractivity contribution in [1.82, 2.24) is 0 Å². The highest BCUT2D eigenvalue weighted by molar-refractivity contribution is 6.51. The lowest BCUT2D eigenvalue weighted by atomic mass is 9.92. The number of amides is 2. The van der Waals surface area contributed by atoms with Crippen LogP contribution in [0.5, 0.6) is 0 Å². The molecule has 1 heterocycles. The van der Waals surface area contributed by atoms with Gasteiger partial charge in [-0.15, -0.1) is 0 Å². The molecule has 0 spiro atoms. The second-order valence-electron chi connectivity index (χ2n) is 7.75. The highest BCUT2D eigenvalue weighted by atomic mass is 16.6. The van der Waals surface area contributed by atoms with Crippen LogP contribution in [-0.2, 0) is 14.4 Å². The second-order valence-corrected chi connectivity index (χ2v) is 7.75. The van der Waals surface area contributed by atoms with E-state index >= 15 is 0 Å². The number of nitro benzene ring substituents is 3. The monoisotopic (exact) mass is 518 g/mol. The van der Waals surface area contributed by atoms with Crippen molar-refractivity contribution >= 4 is 51.7 Å². The van der Waals surface area contributed by atoms with E-state index in [1.807, 2.05) is 0 Å². The van der Waals surface area contributed by atoms with E-state index in [-0.39, 0.29) is 22.6 Å². The van der Waals surface area contributed by atoms with E-state index in [2.05, 4.69) is 10.4 Å². The number of carbonyl (C=O) groups is 3. The molecule has 3 aromatic rings. The quantitative estimate of drug-likeness (QED) is 0.201. The maximum Gasteiger partial charge on any atom is 0.301 e. The third-order valence-electron chi connectivity index (χ3n) is 5.40. The van der Waals surface area contributed by atoms with Crippen molar-refractivity contribution in [2.75, 3.05) is 10.3 Å². The summed E-state index contributed by atoms with van der Waals surface area (Å²) in [4.78, 5) is 70.6. The van der Waals surface area contributed by atoms with Crippen LogP contribution in [0.1, 0.15) is 5.56 Å². The Hall–Kier alpha value is -5.86. The molecule has 1 aliphatic rings. The van der Waals surface area contributed by atoms with Crippen molar-refractivity contribution in [2.45, 2.75) is 0 Å². The van der Waals surface area contributed by atoms with Crippen LogP contribution in [0.25, 0.3) is 0 Å². The van der Waals surface area contributed by atoms with Gasteiger partial charge in [0.1, 0.15) is 5.69 Å². The van der Waals surface area contributed by atoms with Gasteiger partial charge in [0.25, 0.3) is 23.2 Å². The van der Waals surface area contributed by atoms with Gasteiger partial charge >= 0.3 is 5.69 Å². The van der Waals surface area contributed by atoms with Gasteiger partial charge in [-0.1, -0.05) is 36.4 Å². The van der Waals surface area contributed by atoms with Crippen LogP contribution < -0.4 is 10.3 Å². The third-order valence-corrected chi connectivity index (χ3v) is 5.40. The zero-order valence-electron chi connectivity index (χ0n) is 18.9. The molecule has 15 heteroatoms. The van der Waals surface area contributed by atoms with E-state index in [1.54, 1.807) is 18.2 Å². The van der Waals surface area contributed by atoms with Gasteiger partial charge in [-0.2, -0.15) is 10.1 Å². The lowest BCUT2D eigenvalue weighted by Gasteiger charge is -2.14. The van der Waals surface area contributed by atoms with Crippen molar-refractivity contribution in [3.8, 4) is 0 Å². The zero-order valence-corrected chi connectivity index (χ0v) is 18.9. The van der Waals surface area contributed by atoms with Crippen LogP contribution in [0.15, 0.2) is 77.9 Å². The summed E-state index contributed by atoms with van der Waals surface area (Å²) in [5.41, 5.74) is -2.24. The van der Waals surface area contributed by atoms with Gasteiger partial charge in [-0.05, 0) is 17.7 Å². The molecule has 1 atom stereocenters. The second kappa shape index (κ2) is 10.0. The number of rotatable bonds is 8. The number of hydrogen-bond donors (Lipinski definition) is 1. The Bertz CT molecular complexity index is 1550. The summed E-state index contributed by atoms with van der Waals surface area (Å²) >= 11 is 0. The molecule has 3 aromatic carbocycles. The fourth-order valence-electron chi connectivity index (χ4n) is 3.67. The van der Waals surface area contributed by atoms with E-state index in [0.29, 0.717) is 11.1 Å². The Morgan fingerprint density at radius 1 is 0.816 bits per heavy atom. The number of anilines is 2. The van der Waals surface area contributed by atoms with Crippen molar-refractivity contribution in [2.24, 2.45) is 11.0 Å². The van der Waals surface area contributed by atoms with Gasteiger partial charge in [0.05, 0.1) is 26.5 Å². The molecular formula is C23H14N6O9. The van der Waals surface area contributed by atoms with Crippen LogP contribution in [0.4, 0.5) is 28.4 Å². The SMILES string of the molecule is O=C(Nc1cccc([N+](=O)[O-])c1)C(=O)[C@@H]1C(=O)N(c2ccc([N+](=O)[O-])cc2[N+](=O)[O-])N=C1c1ccccc1. The molecule has 0 saturated carbocycles. The summed E-state index contributed by atoms with van der Waals surface area (Å²) in [5, 5.41) is 40.6. The smallest absolute Gasteiger partial charge is 0.301 e. The zero-order chi connectivity index (χ0) is 27.6. The van der Waals surface area contributed by atoms with E-state index < -0.39 is 55.3 Å². The number of carbonyl (C=O) groups excluding carboxylic acids is 3. The number of Topliss-reactive ketones (excluding diaryl/α,β-unsaturated/α-hetero) is 1. The van der Waals surface area contributed by atoms with Gasteiger partial charge in [0.15, 0.2) is 5.92 Å². The lowest BCUT2D eigenvalue weighted by molar-refractivity contribution is -0.393. The Kier molecular flexibility index (Phi) is 6.65. The molecule has 1 N–H and O–H groups in total. The van der Waals surface area contributed by atoms with E-state index in [4.69, 9.17) is 0 Å². The molecule has 38 heavy (non-hydrogen) atoms. The molecule has 15 nitrogen and oxygen atoms in total. The Morgan fingerprint density at radius 3 is 2.11 bits per heavy atom. The fourth-order valence-corrected chi connectivity index (χ4v) is 3.67. The molecule has 0 radical (unpaired) electrons. The number of nitrogens with one attached hydrogen (secondary N) is 1. The molecule has 1 aliphatic heterocycles. The number of hydrogen-bond acceptors (Lipinski definition) is 10. The van der Waals surface area contributed by atoms with Crippen LogP contribution in [-0.4, -0.2) is 38.1 Å². The average molecular weight is 518 g/mol. The normalized spacial score (nSPS) is 14.5. The predicted octanol–water partition coefficient (Wildman–Crippen LogP) is 2.99. The van der Waals surface area contributed by atoms with E-state index in [0.717, 1.165) is 18.2 Å². The fraction of sp³-hybridized carbons (Fsp3) is 0.0435. The Morgan fingerprint density at radius 2 is 1.47 bits per heavy atom. The minimum Gasteiger partial charge on any atom is -0.319 e. The highest BCUT2D eigenvalue weighted by Gasteiger charge is 2.46. The average Bonchev–Trinajstić information content (AvgIpc) is 3.25. The summed E-state index contributed by atoms with van der Waals surface area (Å²) in [5.74, 6) is -5.51. The van der Waals surface area contributed by atoms with E-state index in [9.17, 15) is 44.7 Å². The first kappa shape index (κ1) is 25.2. The van der Waals surface area contributed by atoms with Crippen molar-refractivity contribution < 1.29 is 29.2 Å². The molecule has 4 rings (SSSR count). The minimum absolute atomic E-state index is 0.0796. The van der Waals surface area contributed by atoms with Gasteiger partial charge in [-0.25, -0.2) is 0 Å². The summed E-state index contributed by atoms with van der Waals surface area (Å²) in [6, 6.07) is 15.1. The van der Waals surface area contributed by atoms with Crippen LogP contribution in [0.2, 0.25) is 0 Å². The van der Waals surface area contributed by atoms with Crippen LogP contribution in [0, 0.1) is 36.3 Å². The van der Waals surface area contributed by atoms with Crippen molar-refractivity contribution in [3.05, 3.63) is 109 Å². The molecule has 2 amide bonds. The summed E-state index contributed by atoms with van der Waals surface area (Å²) in [7, 11) is 0. The number of nitro groups is 3. The summed E-state index contributed by atoms with van der Waals surface area (Å²) in [6.45, 7) is 0. The van der Waals surface area contributed by atoms with Gasteiger partial charge in [0.2, 0.25) is 5.78 Å². The minimum atomic E-state index is -1.83. The summed E-state index contributed by atoms with van der Waals surface area (Å²) in [6.07, 6.45) is 0. The number of ketones is 1.